The third-order valence-electron chi connectivity index (χ3n) is 5.20. The van der Waals surface area contributed by atoms with Crippen LogP contribution < -0.4 is 9.47 Å². The maximum Gasteiger partial charge on any atom is 0.256 e. The number of halogens is 1. The van der Waals surface area contributed by atoms with Crippen LogP contribution in [0.4, 0.5) is 5.69 Å². The first-order valence-electron chi connectivity index (χ1n) is 9.41. The molecule has 4 rings (SSSR count). The van der Waals surface area contributed by atoms with Crippen molar-refractivity contribution in [1.82, 2.24) is 4.90 Å². The van der Waals surface area contributed by atoms with Crippen molar-refractivity contribution >= 4 is 40.2 Å². The molecule has 2 aromatic carbocycles. The normalized spacial score (nSPS) is 18.4. The van der Waals surface area contributed by atoms with Crippen molar-refractivity contribution in [2.75, 3.05) is 26.1 Å². The number of methoxy groups -OCH3 is 1. The Hall–Kier alpha value is -2.27. The number of benzene rings is 2. The Bertz CT molecular complexity index is 897. The van der Waals surface area contributed by atoms with Gasteiger partial charge in [-0.2, -0.15) is 0 Å². The van der Waals surface area contributed by atoms with Crippen LogP contribution in [0.15, 0.2) is 29.3 Å². The molecule has 0 unspecified atom stereocenters. The number of hydrogen-bond acceptors (Lipinski definition) is 4. The molecule has 0 N–H and O–H groups in total. The van der Waals surface area contributed by atoms with E-state index in [4.69, 9.17) is 21.1 Å². The predicted molar refractivity (Wildman–Crippen MR) is 108 cm³/mol. The summed E-state index contributed by atoms with van der Waals surface area (Å²) in [6, 6.07) is 7.89. The van der Waals surface area contributed by atoms with E-state index in [1.165, 1.54) is 0 Å². The minimum Gasteiger partial charge on any atom is -0.493 e. The second-order valence-electron chi connectivity index (χ2n) is 6.95. The van der Waals surface area contributed by atoms with E-state index >= 15 is 0 Å². The first kappa shape index (κ1) is 18.1. The lowest BCUT2D eigenvalue weighted by Gasteiger charge is -2.20. The molecule has 5 nitrogen and oxygen atoms in total. The van der Waals surface area contributed by atoms with Crippen molar-refractivity contribution in [2.45, 2.75) is 31.7 Å². The standard InChI is InChI=1S/C21H23ClN2O3/c1-26-19-11-14-9-17-18(23-13-16-5-4-7-24(16)21(17)25)10-15(14)12-20(19)27-8-3-2-6-22/h9-13,16H,2-8H2,1H3/t16-/m0/s1. The highest BCUT2D eigenvalue weighted by molar-refractivity contribution is 6.17. The highest BCUT2D eigenvalue weighted by atomic mass is 35.5. The predicted octanol–water partition coefficient (Wildman–Crippen LogP) is 4.57. The van der Waals surface area contributed by atoms with Crippen molar-refractivity contribution < 1.29 is 14.3 Å². The smallest absolute Gasteiger partial charge is 0.256 e. The summed E-state index contributed by atoms with van der Waals surface area (Å²) in [5, 5.41) is 1.92. The van der Waals surface area contributed by atoms with Gasteiger partial charge in [0.1, 0.15) is 0 Å². The van der Waals surface area contributed by atoms with Gasteiger partial charge in [-0.15, -0.1) is 11.6 Å². The number of amides is 1. The topological polar surface area (TPSA) is 51.1 Å². The summed E-state index contributed by atoms with van der Waals surface area (Å²) in [7, 11) is 1.63. The van der Waals surface area contributed by atoms with Gasteiger partial charge in [0.25, 0.3) is 5.91 Å². The fourth-order valence-corrected chi connectivity index (χ4v) is 3.93. The minimum absolute atomic E-state index is 0.0623. The quantitative estimate of drug-likeness (QED) is 0.540. The zero-order valence-electron chi connectivity index (χ0n) is 15.4. The van der Waals surface area contributed by atoms with Crippen LogP contribution in [0.5, 0.6) is 11.5 Å². The first-order chi connectivity index (χ1) is 13.2. The van der Waals surface area contributed by atoms with Gasteiger partial charge in [0, 0.05) is 18.6 Å². The highest BCUT2D eigenvalue weighted by Crippen LogP contribution is 2.37. The fraction of sp³-hybridized carbons (Fsp3) is 0.429. The summed E-state index contributed by atoms with van der Waals surface area (Å²) >= 11 is 5.72. The van der Waals surface area contributed by atoms with Gasteiger partial charge < -0.3 is 14.4 Å². The van der Waals surface area contributed by atoms with Crippen LogP contribution in [0.2, 0.25) is 0 Å². The van der Waals surface area contributed by atoms with Crippen molar-refractivity contribution in [3.8, 4) is 11.5 Å². The first-order valence-corrected chi connectivity index (χ1v) is 9.94. The number of unbranched alkanes of at least 4 members (excludes halogenated alkanes) is 1. The van der Waals surface area contributed by atoms with Gasteiger partial charge in [-0.3, -0.25) is 9.79 Å². The molecule has 2 aliphatic heterocycles. The summed E-state index contributed by atoms with van der Waals surface area (Å²) < 4.78 is 11.4. The molecule has 0 spiro atoms. The van der Waals surface area contributed by atoms with Crippen molar-refractivity contribution in [2.24, 2.45) is 4.99 Å². The van der Waals surface area contributed by atoms with Gasteiger partial charge in [0.05, 0.1) is 31.0 Å². The number of nitrogens with zero attached hydrogens (tertiary/aromatic N) is 2. The number of alkyl halides is 1. The highest BCUT2D eigenvalue weighted by Gasteiger charge is 2.31. The lowest BCUT2D eigenvalue weighted by atomic mass is 10.0. The molecule has 142 valence electrons. The Morgan fingerprint density at radius 2 is 2.00 bits per heavy atom. The van der Waals surface area contributed by atoms with Crippen LogP contribution >= 0.6 is 11.6 Å². The zero-order chi connectivity index (χ0) is 18.8. The lowest BCUT2D eigenvalue weighted by Crippen LogP contribution is -2.35. The Morgan fingerprint density at radius 3 is 2.81 bits per heavy atom. The van der Waals surface area contributed by atoms with Gasteiger partial charge in [-0.25, -0.2) is 0 Å². The molecule has 0 saturated carbocycles. The molecule has 6 heteroatoms. The molecule has 0 aromatic heterocycles. The van der Waals surface area contributed by atoms with Crippen LogP contribution in [-0.4, -0.2) is 49.2 Å². The monoisotopic (exact) mass is 386 g/mol. The van der Waals surface area contributed by atoms with Crippen molar-refractivity contribution in [3.05, 3.63) is 29.8 Å². The molecule has 2 aromatic rings. The van der Waals surface area contributed by atoms with E-state index in [0.717, 1.165) is 48.7 Å². The third kappa shape index (κ3) is 3.48. The van der Waals surface area contributed by atoms with Gasteiger partial charge in [-0.1, -0.05) is 0 Å². The van der Waals surface area contributed by atoms with Crippen LogP contribution in [0.25, 0.3) is 10.8 Å². The van der Waals surface area contributed by atoms with Crippen LogP contribution in [0.1, 0.15) is 36.0 Å². The van der Waals surface area contributed by atoms with Gasteiger partial charge in [0.2, 0.25) is 0 Å². The number of hydrogen-bond donors (Lipinski definition) is 0. The molecule has 1 atom stereocenters. The molecule has 1 amide bonds. The maximum absolute atomic E-state index is 13.0. The number of rotatable bonds is 6. The summed E-state index contributed by atoms with van der Waals surface area (Å²) in [5.74, 6) is 2.06. The molecule has 2 heterocycles. The maximum atomic E-state index is 13.0. The Kier molecular flexibility index (Phi) is 5.21. The summed E-state index contributed by atoms with van der Waals surface area (Å²) in [5.41, 5.74) is 1.38. The second kappa shape index (κ2) is 7.77. The Labute approximate surface area is 163 Å². The Morgan fingerprint density at radius 1 is 1.19 bits per heavy atom. The third-order valence-corrected chi connectivity index (χ3v) is 5.47. The fourth-order valence-electron chi connectivity index (χ4n) is 3.75. The largest absolute Gasteiger partial charge is 0.493 e. The molecule has 27 heavy (non-hydrogen) atoms. The van der Waals surface area contributed by atoms with E-state index in [2.05, 4.69) is 4.99 Å². The molecule has 1 fully saturated rings. The van der Waals surface area contributed by atoms with Gasteiger partial charge in [0.15, 0.2) is 11.5 Å². The summed E-state index contributed by atoms with van der Waals surface area (Å²) in [4.78, 5) is 19.5. The number of ether oxygens (including phenoxy) is 2. The average molecular weight is 387 g/mol. The van der Waals surface area contributed by atoms with E-state index < -0.39 is 0 Å². The average Bonchev–Trinajstić information content (AvgIpc) is 3.12. The van der Waals surface area contributed by atoms with E-state index in [1.807, 2.05) is 35.4 Å². The lowest BCUT2D eigenvalue weighted by molar-refractivity contribution is 0.0775. The molecule has 0 bridgehead atoms. The summed E-state index contributed by atoms with van der Waals surface area (Å²) in [6.45, 7) is 1.39. The molecule has 0 radical (unpaired) electrons. The molecule has 1 saturated heterocycles. The van der Waals surface area contributed by atoms with Gasteiger partial charge >= 0.3 is 0 Å². The van der Waals surface area contributed by atoms with Crippen LogP contribution in [-0.2, 0) is 0 Å². The minimum atomic E-state index is 0.0623. The molecular weight excluding hydrogens is 364 g/mol. The van der Waals surface area contributed by atoms with E-state index in [0.29, 0.717) is 29.5 Å². The summed E-state index contributed by atoms with van der Waals surface area (Å²) in [6.07, 6.45) is 5.74. The molecule has 0 aliphatic carbocycles. The second-order valence-corrected chi connectivity index (χ2v) is 7.33. The molecular formula is C21H23ClN2O3. The van der Waals surface area contributed by atoms with Gasteiger partial charge in [-0.05, 0) is 60.7 Å². The van der Waals surface area contributed by atoms with Crippen LogP contribution in [0, 0.1) is 0 Å². The zero-order valence-corrected chi connectivity index (χ0v) is 16.2. The van der Waals surface area contributed by atoms with E-state index in [9.17, 15) is 4.79 Å². The number of carbonyl (C=O) groups is 1. The molecule has 2 aliphatic rings. The van der Waals surface area contributed by atoms with Crippen LogP contribution in [0.3, 0.4) is 0 Å². The van der Waals surface area contributed by atoms with Crippen molar-refractivity contribution in [1.29, 1.82) is 0 Å². The Balaban J connectivity index is 1.71. The number of carbonyl (C=O) groups excluding carboxylic acids is 1. The van der Waals surface area contributed by atoms with E-state index in [1.54, 1.807) is 7.11 Å². The van der Waals surface area contributed by atoms with E-state index in [-0.39, 0.29) is 11.9 Å². The van der Waals surface area contributed by atoms with Crippen molar-refractivity contribution in [3.63, 3.8) is 0 Å². The SMILES string of the molecule is COc1cc2cc3c(cc2cc1OCCCCCl)N=C[C@@H]1CCCN1C3=O. The number of aliphatic imine (C=N–C) groups is 1. The number of fused-ring (bicyclic) bond motifs is 3.